The van der Waals surface area contributed by atoms with Crippen LogP contribution in [0.2, 0.25) is 0 Å². The first kappa shape index (κ1) is 24.4. The summed E-state index contributed by atoms with van der Waals surface area (Å²) in [7, 11) is 1.64. The zero-order chi connectivity index (χ0) is 22.9. The van der Waals surface area contributed by atoms with E-state index in [1.807, 2.05) is 36.4 Å². The number of hydrogen-bond acceptors (Lipinski definition) is 4. The van der Waals surface area contributed by atoms with Crippen LogP contribution in [0.15, 0.2) is 61.2 Å². The van der Waals surface area contributed by atoms with Gasteiger partial charge in [-0.25, -0.2) is 9.37 Å². The third-order valence-electron chi connectivity index (χ3n) is 7.22. The Morgan fingerprint density at radius 3 is 2.65 bits per heavy atom. The molecule has 2 bridgehead atoms. The molecule has 3 saturated heterocycles. The van der Waals surface area contributed by atoms with Gasteiger partial charge in [0.15, 0.2) is 0 Å². The summed E-state index contributed by atoms with van der Waals surface area (Å²) in [6, 6.07) is 14.2. The molecule has 1 N–H and O–H groups in total. The molecule has 3 aliphatic heterocycles. The Balaban J connectivity index is 0.00000274. The second-order valence-electron chi connectivity index (χ2n) is 9.10. The Hall–Kier alpha value is -2.73. The summed E-state index contributed by atoms with van der Waals surface area (Å²) in [5.74, 6) is 1.56. The first-order valence-corrected chi connectivity index (χ1v) is 11.5. The van der Waals surface area contributed by atoms with Crippen LogP contribution in [0.5, 0.6) is 5.75 Å². The Morgan fingerprint density at radius 2 is 1.97 bits per heavy atom. The normalized spacial score (nSPS) is 24.7. The molecule has 4 nitrogen and oxygen atoms in total. The lowest BCUT2D eigenvalue weighted by Crippen LogP contribution is -2.54. The Labute approximate surface area is 206 Å². The summed E-state index contributed by atoms with van der Waals surface area (Å²) in [4.78, 5) is 7.20. The number of methoxy groups -OCH3 is 1. The number of aliphatic hydroxyl groups is 1. The number of aromatic nitrogens is 1. The standard InChI is InChI=1S/C28H29FN2O2.ClH/c1-3-19-17-31-13-12-20(19)14-27(31)28(32)25-15-22(9-6-18-4-7-21(29)8-5-18)30-26-11-10-23(33-2)16-24(25)26;/h3-11,15-16,19-20,27-28,32H,1,12-14,17H2,2H3;1H/b9-6+;/t19-,20+,27-,28+;/m0./s1. The van der Waals surface area contributed by atoms with Crippen LogP contribution >= 0.6 is 12.4 Å². The molecule has 5 atom stereocenters. The average Bonchev–Trinajstić information content (AvgIpc) is 2.87. The van der Waals surface area contributed by atoms with E-state index in [0.717, 1.165) is 59.4 Å². The van der Waals surface area contributed by atoms with Crippen molar-refractivity contribution >= 4 is 35.5 Å². The van der Waals surface area contributed by atoms with E-state index in [9.17, 15) is 9.50 Å². The van der Waals surface area contributed by atoms with Crippen molar-refractivity contribution in [1.29, 1.82) is 0 Å². The molecule has 0 aliphatic carbocycles. The zero-order valence-corrected chi connectivity index (χ0v) is 20.0. The highest BCUT2D eigenvalue weighted by Crippen LogP contribution is 2.42. The van der Waals surface area contributed by atoms with Crippen LogP contribution in [0, 0.1) is 17.7 Å². The highest BCUT2D eigenvalue weighted by Gasteiger charge is 2.42. The zero-order valence-electron chi connectivity index (χ0n) is 19.2. The maximum atomic E-state index is 13.2. The van der Waals surface area contributed by atoms with Crippen molar-refractivity contribution in [2.75, 3.05) is 20.2 Å². The fraction of sp³-hybridized carbons (Fsp3) is 0.321. The van der Waals surface area contributed by atoms with Crippen molar-refractivity contribution in [2.45, 2.75) is 25.0 Å². The van der Waals surface area contributed by atoms with Crippen molar-refractivity contribution in [3.05, 3.63) is 83.8 Å². The van der Waals surface area contributed by atoms with Crippen molar-refractivity contribution in [2.24, 2.45) is 11.8 Å². The summed E-state index contributed by atoms with van der Waals surface area (Å²) in [5, 5.41) is 12.5. The maximum Gasteiger partial charge on any atom is 0.123 e. The van der Waals surface area contributed by atoms with Gasteiger partial charge in [-0.15, -0.1) is 19.0 Å². The molecule has 3 aromatic rings. The van der Waals surface area contributed by atoms with Gasteiger partial charge >= 0.3 is 0 Å². The van der Waals surface area contributed by atoms with Gasteiger partial charge in [0.25, 0.3) is 0 Å². The summed E-state index contributed by atoms with van der Waals surface area (Å²) in [5.41, 5.74) is 3.32. The van der Waals surface area contributed by atoms with Crippen LogP contribution in [-0.4, -0.2) is 41.2 Å². The number of benzene rings is 2. The molecule has 3 aliphatic rings. The molecule has 2 aromatic carbocycles. The minimum Gasteiger partial charge on any atom is -0.497 e. The molecule has 0 radical (unpaired) electrons. The minimum atomic E-state index is -0.630. The van der Waals surface area contributed by atoms with Gasteiger partial charge in [-0.3, -0.25) is 4.90 Å². The van der Waals surface area contributed by atoms with Gasteiger partial charge in [-0.05, 0) is 84.8 Å². The Kier molecular flexibility index (Phi) is 7.36. The Bertz CT molecular complexity index is 1200. The van der Waals surface area contributed by atoms with Crippen molar-refractivity contribution in [3.8, 4) is 5.75 Å². The first-order chi connectivity index (χ1) is 16.1. The van der Waals surface area contributed by atoms with Crippen LogP contribution in [0.25, 0.3) is 23.1 Å². The fourth-order valence-corrected chi connectivity index (χ4v) is 5.38. The molecule has 6 heteroatoms. The predicted octanol–water partition coefficient (Wildman–Crippen LogP) is 5.90. The van der Waals surface area contributed by atoms with Crippen LogP contribution in [0.3, 0.4) is 0 Å². The predicted molar refractivity (Wildman–Crippen MR) is 138 cm³/mol. The number of nitrogens with zero attached hydrogens (tertiary/aromatic N) is 2. The molecule has 6 rings (SSSR count). The van der Waals surface area contributed by atoms with Gasteiger partial charge in [0.2, 0.25) is 0 Å². The largest absolute Gasteiger partial charge is 0.497 e. The molecule has 1 unspecified atom stereocenters. The number of pyridine rings is 1. The van der Waals surface area contributed by atoms with E-state index in [0.29, 0.717) is 11.8 Å². The number of aliphatic hydroxyl groups excluding tert-OH is 1. The van der Waals surface area contributed by atoms with Crippen LogP contribution in [-0.2, 0) is 0 Å². The second kappa shape index (κ2) is 10.3. The van der Waals surface area contributed by atoms with Crippen LogP contribution in [0.4, 0.5) is 4.39 Å². The van der Waals surface area contributed by atoms with E-state index in [1.54, 1.807) is 19.2 Å². The lowest BCUT2D eigenvalue weighted by molar-refractivity contribution is -0.0444. The van der Waals surface area contributed by atoms with Gasteiger partial charge in [-0.2, -0.15) is 0 Å². The lowest BCUT2D eigenvalue weighted by atomic mass is 9.73. The number of hydrogen-bond donors (Lipinski definition) is 1. The summed E-state index contributed by atoms with van der Waals surface area (Å²) in [6.07, 6.45) is 7.39. The topological polar surface area (TPSA) is 45.6 Å². The highest BCUT2D eigenvalue weighted by atomic mass is 35.5. The van der Waals surface area contributed by atoms with E-state index in [-0.39, 0.29) is 24.3 Å². The third-order valence-corrected chi connectivity index (χ3v) is 7.22. The smallest absolute Gasteiger partial charge is 0.123 e. The summed E-state index contributed by atoms with van der Waals surface area (Å²) < 4.78 is 18.7. The van der Waals surface area contributed by atoms with E-state index in [2.05, 4.69) is 17.6 Å². The average molecular weight is 481 g/mol. The highest BCUT2D eigenvalue weighted by molar-refractivity contribution is 5.86. The number of ether oxygens (including phenoxy) is 1. The molecular formula is C28H30ClFN2O2. The van der Waals surface area contributed by atoms with Crippen molar-refractivity contribution in [3.63, 3.8) is 0 Å². The van der Waals surface area contributed by atoms with Gasteiger partial charge in [0.05, 0.1) is 24.4 Å². The monoisotopic (exact) mass is 480 g/mol. The first-order valence-electron chi connectivity index (χ1n) is 11.5. The molecule has 0 saturated carbocycles. The molecule has 4 heterocycles. The van der Waals surface area contributed by atoms with Gasteiger partial charge in [0.1, 0.15) is 11.6 Å². The SMILES string of the molecule is C=C[C@H]1CN2CC[C@@H]1C[C@H]2[C@H](O)c1cc(/C=C/c2ccc(F)cc2)nc2ccc(OC)cc12.Cl. The van der Waals surface area contributed by atoms with E-state index in [4.69, 9.17) is 9.72 Å². The van der Waals surface area contributed by atoms with Crippen molar-refractivity contribution < 1.29 is 14.2 Å². The number of piperidine rings is 3. The van der Waals surface area contributed by atoms with E-state index < -0.39 is 6.10 Å². The molecular weight excluding hydrogens is 451 g/mol. The molecule has 3 fully saturated rings. The summed E-state index contributed by atoms with van der Waals surface area (Å²) >= 11 is 0. The van der Waals surface area contributed by atoms with Gasteiger partial charge in [0, 0.05) is 18.0 Å². The number of halogens is 2. The molecule has 34 heavy (non-hydrogen) atoms. The molecule has 178 valence electrons. The molecule has 0 amide bonds. The Morgan fingerprint density at radius 1 is 1.18 bits per heavy atom. The minimum absolute atomic E-state index is 0. The van der Waals surface area contributed by atoms with Crippen molar-refractivity contribution in [1.82, 2.24) is 9.88 Å². The van der Waals surface area contributed by atoms with Gasteiger partial charge in [-0.1, -0.05) is 24.3 Å². The lowest BCUT2D eigenvalue weighted by Gasteiger charge is -2.50. The van der Waals surface area contributed by atoms with E-state index >= 15 is 0 Å². The van der Waals surface area contributed by atoms with Gasteiger partial charge < -0.3 is 9.84 Å². The maximum absolute atomic E-state index is 13.2. The van der Waals surface area contributed by atoms with Crippen LogP contribution < -0.4 is 4.74 Å². The quantitative estimate of drug-likeness (QED) is 0.446. The van der Waals surface area contributed by atoms with E-state index in [1.165, 1.54) is 12.1 Å². The van der Waals surface area contributed by atoms with Crippen LogP contribution in [0.1, 0.15) is 35.8 Å². The molecule has 0 spiro atoms. The number of fused-ring (bicyclic) bond motifs is 4. The second-order valence-corrected chi connectivity index (χ2v) is 9.10. The number of rotatable bonds is 6. The molecule has 1 aromatic heterocycles. The summed E-state index contributed by atoms with van der Waals surface area (Å²) in [6.45, 7) is 5.99. The third kappa shape index (κ3) is 4.74. The fourth-order valence-electron chi connectivity index (χ4n) is 5.38.